The molecule has 5 heteroatoms. The largest absolute Gasteiger partial charge is 0.456 e. The van der Waals surface area contributed by atoms with E-state index in [-0.39, 0.29) is 6.61 Å². The minimum Gasteiger partial charge on any atom is -0.456 e. The second kappa shape index (κ2) is 6.33. The number of nitrogens with zero attached hydrogens (tertiary/aromatic N) is 1. The van der Waals surface area contributed by atoms with Crippen molar-refractivity contribution in [3.63, 3.8) is 0 Å². The summed E-state index contributed by atoms with van der Waals surface area (Å²) >= 11 is 3.35. The molecule has 0 bridgehead atoms. The maximum atomic E-state index is 11.5. The van der Waals surface area contributed by atoms with E-state index in [2.05, 4.69) is 21.1 Å². The van der Waals surface area contributed by atoms with Gasteiger partial charge in [-0.25, -0.2) is 4.79 Å². The molecule has 0 aliphatic carbocycles. The van der Waals surface area contributed by atoms with Gasteiger partial charge in [-0.15, -0.1) is 0 Å². The zero-order valence-electron chi connectivity index (χ0n) is 10.3. The molecule has 2 rings (SSSR count). The molecule has 0 atom stereocenters. The molecule has 2 aromatic rings. The lowest BCUT2D eigenvalue weighted by Gasteiger charge is -1.97. The third kappa shape index (κ3) is 4.37. The van der Waals surface area contributed by atoms with Gasteiger partial charge in [0.15, 0.2) is 0 Å². The molecule has 4 nitrogen and oxygen atoms in total. The molecule has 0 radical (unpaired) electrons. The molecule has 1 aromatic heterocycles. The number of carbonyl (C=O) groups excluding carboxylic acids is 1. The molecule has 1 aromatic carbocycles. The highest BCUT2D eigenvalue weighted by molar-refractivity contribution is 9.10. The van der Waals surface area contributed by atoms with Gasteiger partial charge in [-0.1, -0.05) is 33.2 Å². The molecule has 98 valence electrons. The Hall–Kier alpha value is -1.88. The van der Waals surface area contributed by atoms with Crippen LogP contribution in [0.4, 0.5) is 0 Å². The molecule has 0 N–H and O–H groups in total. The third-order valence-electron chi connectivity index (χ3n) is 2.32. The van der Waals surface area contributed by atoms with Crippen molar-refractivity contribution in [2.75, 3.05) is 0 Å². The number of rotatable bonds is 4. The van der Waals surface area contributed by atoms with E-state index in [1.165, 1.54) is 6.08 Å². The van der Waals surface area contributed by atoms with E-state index < -0.39 is 5.97 Å². The lowest BCUT2D eigenvalue weighted by Crippen LogP contribution is -2.00. The summed E-state index contributed by atoms with van der Waals surface area (Å²) in [7, 11) is 0. The Kier molecular flexibility index (Phi) is 4.52. The number of benzene rings is 1. The SMILES string of the molecule is Cc1cc(COC(=O)/C=C/c2ccc(Br)cc2)no1. The zero-order valence-corrected chi connectivity index (χ0v) is 11.9. The highest BCUT2D eigenvalue weighted by atomic mass is 79.9. The van der Waals surface area contributed by atoms with Crippen LogP contribution in [-0.4, -0.2) is 11.1 Å². The summed E-state index contributed by atoms with van der Waals surface area (Å²) in [6, 6.07) is 9.34. The minimum atomic E-state index is -0.413. The molecule has 0 spiro atoms. The van der Waals surface area contributed by atoms with Crippen LogP contribution in [0.3, 0.4) is 0 Å². The minimum absolute atomic E-state index is 0.112. The number of hydrogen-bond acceptors (Lipinski definition) is 4. The Morgan fingerprint density at radius 2 is 2.16 bits per heavy atom. The van der Waals surface area contributed by atoms with Gasteiger partial charge in [-0.05, 0) is 30.7 Å². The first kappa shape index (κ1) is 13.5. The maximum absolute atomic E-state index is 11.5. The Morgan fingerprint density at radius 3 is 2.79 bits per heavy atom. The number of halogens is 1. The molecule has 0 aliphatic rings. The number of hydrogen-bond donors (Lipinski definition) is 0. The molecule has 0 saturated heterocycles. The first-order chi connectivity index (χ1) is 9.13. The third-order valence-corrected chi connectivity index (χ3v) is 2.85. The molecule has 0 unspecified atom stereocenters. The Balaban J connectivity index is 1.85. The van der Waals surface area contributed by atoms with E-state index in [1.54, 1.807) is 19.1 Å². The van der Waals surface area contributed by atoms with Crippen LogP contribution in [0.2, 0.25) is 0 Å². The number of ether oxygens (including phenoxy) is 1. The van der Waals surface area contributed by atoms with Crippen LogP contribution in [0.1, 0.15) is 17.0 Å². The van der Waals surface area contributed by atoms with Crippen molar-refractivity contribution < 1.29 is 14.1 Å². The number of aryl methyl sites for hydroxylation is 1. The Labute approximate surface area is 119 Å². The fourth-order valence-electron chi connectivity index (χ4n) is 1.42. The van der Waals surface area contributed by atoms with Gasteiger partial charge in [0.1, 0.15) is 18.1 Å². The van der Waals surface area contributed by atoms with Crippen LogP contribution >= 0.6 is 15.9 Å². The molecular weight excluding hydrogens is 310 g/mol. The molecule has 0 saturated carbocycles. The fourth-order valence-corrected chi connectivity index (χ4v) is 1.68. The predicted molar refractivity (Wildman–Crippen MR) is 74.2 cm³/mol. The number of carbonyl (C=O) groups is 1. The van der Waals surface area contributed by atoms with Crippen LogP contribution in [0.15, 0.2) is 45.4 Å². The number of aromatic nitrogens is 1. The smallest absolute Gasteiger partial charge is 0.331 e. The van der Waals surface area contributed by atoms with Crippen molar-refractivity contribution in [2.24, 2.45) is 0 Å². The summed E-state index contributed by atoms with van der Waals surface area (Å²) in [6.07, 6.45) is 3.08. The summed E-state index contributed by atoms with van der Waals surface area (Å²) in [4.78, 5) is 11.5. The van der Waals surface area contributed by atoms with E-state index in [9.17, 15) is 4.79 Å². The molecule has 19 heavy (non-hydrogen) atoms. The van der Waals surface area contributed by atoms with Crippen molar-refractivity contribution in [1.82, 2.24) is 5.16 Å². The van der Waals surface area contributed by atoms with Crippen LogP contribution < -0.4 is 0 Å². The maximum Gasteiger partial charge on any atom is 0.331 e. The van der Waals surface area contributed by atoms with Crippen molar-refractivity contribution in [3.05, 3.63) is 57.9 Å². The molecule has 0 aliphatic heterocycles. The van der Waals surface area contributed by atoms with Gasteiger partial charge in [-0.2, -0.15) is 0 Å². The highest BCUT2D eigenvalue weighted by Gasteiger charge is 2.03. The van der Waals surface area contributed by atoms with Crippen molar-refractivity contribution in [3.8, 4) is 0 Å². The van der Waals surface area contributed by atoms with Gasteiger partial charge in [0.2, 0.25) is 0 Å². The average Bonchev–Trinajstić information content (AvgIpc) is 2.81. The van der Waals surface area contributed by atoms with Gasteiger partial charge in [-0.3, -0.25) is 0 Å². The summed E-state index contributed by atoms with van der Waals surface area (Å²) in [6.45, 7) is 1.90. The highest BCUT2D eigenvalue weighted by Crippen LogP contribution is 2.11. The van der Waals surface area contributed by atoms with Crippen molar-refractivity contribution in [2.45, 2.75) is 13.5 Å². The molecule has 1 heterocycles. The summed E-state index contributed by atoms with van der Waals surface area (Å²) < 4.78 is 10.9. The zero-order chi connectivity index (χ0) is 13.7. The van der Waals surface area contributed by atoms with Gasteiger partial charge in [0, 0.05) is 16.6 Å². The van der Waals surface area contributed by atoms with E-state index in [1.807, 2.05) is 24.3 Å². The normalized spacial score (nSPS) is 10.8. The molecule has 0 amide bonds. The van der Waals surface area contributed by atoms with Crippen LogP contribution in [0, 0.1) is 6.92 Å². The standard InChI is InChI=1S/C14H12BrNO3/c1-10-8-13(16-19-10)9-18-14(17)7-4-11-2-5-12(15)6-3-11/h2-8H,9H2,1H3/b7-4+. The van der Waals surface area contributed by atoms with E-state index in [4.69, 9.17) is 9.26 Å². The summed E-state index contributed by atoms with van der Waals surface area (Å²) in [5.41, 5.74) is 1.53. The van der Waals surface area contributed by atoms with Gasteiger partial charge in [0.05, 0.1) is 0 Å². The lowest BCUT2D eigenvalue weighted by atomic mass is 10.2. The lowest BCUT2D eigenvalue weighted by molar-refractivity contribution is -0.139. The van der Waals surface area contributed by atoms with Crippen molar-refractivity contribution >= 4 is 28.0 Å². The quantitative estimate of drug-likeness (QED) is 0.638. The van der Waals surface area contributed by atoms with Gasteiger partial charge >= 0.3 is 5.97 Å². The summed E-state index contributed by atoms with van der Waals surface area (Å²) in [5.74, 6) is 0.278. The van der Waals surface area contributed by atoms with E-state index in [0.717, 1.165) is 10.0 Å². The average molecular weight is 322 g/mol. The summed E-state index contributed by atoms with van der Waals surface area (Å²) in [5, 5.41) is 3.73. The Morgan fingerprint density at radius 1 is 1.42 bits per heavy atom. The Bertz CT molecular complexity index is 587. The van der Waals surface area contributed by atoms with Crippen molar-refractivity contribution in [1.29, 1.82) is 0 Å². The molecule has 0 fully saturated rings. The van der Waals surface area contributed by atoms with Gasteiger partial charge < -0.3 is 9.26 Å². The van der Waals surface area contributed by atoms with Crippen LogP contribution in [0.5, 0.6) is 0 Å². The van der Waals surface area contributed by atoms with Gasteiger partial charge in [0.25, 0.3) is 0 Å². The predicted octanol–water partition coefficient (Wildman–Crippen LogP) is 3.50. The fraction of sp³-hybridized carbons (Fsp3) is 0.143. The van der Waals surface area contributed by atoms with Crippen LogP contribution in [-0.2, 0) is 16.1 Å². The second-order valence-corrected chi connectivity index (χ2v) is 4.84. The molecular formula is C14H12BrNO3. The topological polar surface area (TPSA) is 52.3 Å². The number of esters is 1. The van der Waals surface area contributed by atoms with E-state index >= 15 is 0 Å². The monoisotopic (exact) mass is 321 g/mol. The van der Waals surface area contributed by atoms with E-state index in [0.29, 0.717) is 11.5 Å². The first-order valence-electron chi connectivity index (χ1n) is 5.66. The second-order valence-electron chi connectivity index (χ2n) is 3.92. The van der Waals surface area contributed by atoms with Crippen LogP contribution in [0.25, 0.3) is 6.08 Å². The first-order valence-corrected chi connectivity index (χ1v) is 6.45.